The van der Waals surface area contributed by atoms with Crippen LogP contribution in [0.5, 0.6) is 0 Å². The zero-order valence-electron chi connectivity index (χ0n) is 13.9. The smallest absolute Gasteiger partial charge is 0.375 e. The first-order valence-electron chi connectivity index (χ1n) is 8.41. The van der Waals surface area contributed by atoms with Gasteiger partial charge in [-0.15, -0.1) is 0 Å². The Bertz CT molecular complexity index is 872. The third-order valence-corrected chi connectivity index (χ3v) is 8.80. The highest BCUT2D eigenvalue weighted by molar-refractivity contribution is 7.82. The van der Waals surface area contributed by atoms with Crippen molar-refractivity contribution in [3.8, 4) is 0 Å². The monoisotopic (exact) mass is 394 g/mol. The molecular weight excluding hydrogens is 375 g/mol. The molecule has 4 rings (SSSR count). The molecule has 3 atom stereocenters. The largest absolute Gasteiger partial charge is 0.400 e. The topological polar surface area (TPSA) is 78.9 Å². The fraction of sp³-hybridized carbons (Fsp3) is 0.333. The summed E-state index contributed by atoms with van der Waals surface area (Å²) in [4.78, 5) is 0. The van der Waals surface area contributed by atoms with Crippen LogP contribution in [-0.2, 0) is 28.1 Å². The maximum atomic E-state index is 14.1. The highest BCUT2D eigenvalue weighted by atomic mass is 32.3. The predicted octanol–water partition coefficient (Wildman–Crippen LogP) is 1.82. The standard InChI is InChI=1S/C18H19O6PS/c19-25(14-7-3-1-4-8-14,15-9-5-2-6-10-15)13-17-18-16(11-12-22-17)23-26(20,21)24-18/h1-10,16-18H,11-13H2/t16-,17+,18-/m0/s1. The molecular formula is C18H19O6PS. The molecule has 0 N–H and O–H groups in total. The fourth-order valence-corrected chi connectivity index (χ4v) is 7.40. The first-order chi connectivity index (χ1) is 12.5. The van der Waals surface area contributed by atoms with Gasteiger partial charge in [-0.2, -0.15) is 8.42 Å². The van der Waals surface area contributed by atoms with Crippen molar-refractivity contribution < 1.29 is 26.1 Å². The predicted molar refractivity (Wildman–Crippen MR) is 97.6 cm³/mol. The van der Waals surface area contributed by atoms with Crippen molar-refractivity contribution in [1.29, 1.82) is 0 Å². The lowest BCUT2D eigenvalue weighted by Gasteiger charge is -2.33. The Kier molecular flexibility index (Phi) is 4.75. The van der Waals surface area contributed by atoms with Crippen LogP contribution in [0.3, 0.4) is 0 Å². The maximum absolute atomic E-state index is 14.1. The molecule has 2 fully saturated rings. The van der Waals surface area contributed by atoms with E-state index >= 15 is 0 Å². The third-order valence-electron chi connectivity index (χ3n) is 4.72. The van der Waals surface area contributed by atoms with E-state index in [-0.39, 0.29) is 6.16 Å². The van der Waals surface area contributed by atoms with Crippen molar-refractivity contribution in [2.24, 2.45) is 0 Å². The molecule has 0 amide bonds. The Hall–Kier alpha value is -1.50. The molecule has 2 saturated heterocycles. The molecule has 138 valence electrons. The minimum Gasteiger partial charge on any atom is -0.375 e. The second kappa shape index (κ2) is 6.91. The molecule has 0 aliphatic carbocycles. The second-order valence-corrected chi connectivity index (χ2v) is 10.5. The van der Waals surface area contributed by atoms with Gasteiger partial charge in [0, 0.05) is 29.8 Å². The van der Waals surface area contributed by atoms with E-state index in [9.17, 15) is 13.0 Å². The molecule has 6 nitrogen and oxygen atoms in total. The molecule has 0 radical (unpaired) electrons. The van der Waals surface area contributed by atoms with Gasteiger partial charge >= 0.3 is 10.4 Å². The quantitative estimate of drug-likeness (QED) is 0.736. The highest BCUT2D eigenvalue weighted by Gasteiger charge is 2.49. The van der Waals surface area contributed by atoms with Gasteiger partial charge in [0.05, 0.1) is 6.10 Å². The number of hydrogen-bond donors (Lipinski definition) is 0. The maximum Gasteiger partial charge on any atom is 0.400 e. The van der Waals surface area contributed by atoms with Crippen LogP contribution in [0.15, 0.2) is 60.7 Å². The van der Waals surface area contributed by atoms with Crippen LogP contribution < -0.4 is 10.6 Å². The SMILES string of the molecule is O=P(C[C@H]1OCC[C@@H]2OS(=O)(=O)O[C@@H]21)(c1ccccc1)c1ccccc1. The summed E-state index contributed by atoms with van der Waals surface area (Å²) in [5.74, 6) is 0. The van der Waals surface area contributed by atoms with Gasteiger partial charge in [-0.25, -0.2) is 8.37 Å². The van der Waals surface area contributed by atoms with E-state index in [4.69, 9.17) is 13.1 Å². The number of fused-ring (bicyclic) bond motifs is 1. The van der Waals surface area contributed by atoms with Crippen molar-refractivity contribution in [2.45, 2.75) is 24.7 Å². The molecule has 8 heteroatoms. The Morgan fingerprint density at radius 2 is 1.50 bits per heavy atom. The molecule has 0 spiro atoms. The van der Waals surface area contributed by atoms with E-state index in [1.54, 1.807) is 0 Å². The number of ether oxygens (including phenoxy) is 1. The van der Waals surface area contributed by atoms with E-state index in [1.165, 1.54) is 0 Å². The summed E-state index contributed by atoms with van der Waals surface area (Å²) < 4.78 is 53.3. The molecule has 2 heterocycles. The van der Waals surface area contributed by atoms with Gasteiger partial charge in [-0.05, 0) is 0 Å². The van der Waals surface area contributed by atoms with Crippen LogP contribution in [0.25, 0.3) is 0 Å². The van der Waals surface area contributed by atoms with Crippen LogP contribution in [0.1, 0.15) is 6.42 Å². The molecule has 0 aromatic heterocycles. The van der Waals surface area contributed by atoms with Gasteiger partial charge < -0.3 is 9.30 Å². The first-order valence-corrected chi connectivity index (χ1v) is 11.6. The van der Waals surface area contributed by atoms with Crippen molar-refractivity contribution in [1.82, 2.24) is 0 Å². The van der Waals surface area contributed by atoms with Gasteiger partial charge in [-0.3, -0.25) is 0 Å². The zero-order valence-corrected chi connectivity index (χ0v) is 15.6. The second-order valence-electron chi connectivity index (χ2n) is 6.40. The molecule has 0 bridgehead atoms. The average Bonchev–Trinajstić information content (AvgIpc) is 2.98. The number of rotatable bonds is 4. The first kappa shape index (κ1) is 17.9. The van der Waals surface area contributed by atoms with Gasteiger partial charge in [0.2, 0.25) is 0 Å². The highest BCUT2D eigenvalue weighted by Crippen LogP contribution is 2.46. The van der Waals surface area contributed by atoms with Crippen molar-refractivity contribution >= 4 is 28.1 Å². The summed E-state index contributed by atoms with van der Waals surface area (Å²) >= 11 is 0. The molecule has 2 aromatic carbocycles. The molecule has 0 unspecified atom stereocenters. The molecule has 26 heavy (non-hydrogen) atoms. The van der Waals surface area contributed by atoms with Crippen LogP contribution in [0.2, 0.25) is 0 Å². The number of benzene rings is 2. The molecule has 0 saturated carbocycles. The van der Waals surface area contributed by atoms with Gasteiger partial charge in [0.15, 0.2) is 0 Å². The minimum atomic E-state index is -4.02. The van der Waals surface area contributed by atoms with Gasteiger partial charge in [0.25, 0.3) is 0 Å². The lowest BCUT2D eigenvalue weighted by atomic mass is 10.0. The van der Waals surface area contributed by atoms with Crippen molar-refractivity contribution in [2.75, 3.05) is 12.8 Å². The number of hydrogen-bond acceptors (Lipinski definition) is 6. The van der Waals surface area contributed by atoms with E-state index in [2.05, 4.69) is 0 Å². The summed E-state index contributed by atoms with van der Waals surface area (Å²) in [5, 5.41) is 1.41. The van der Waals surface area contributed by atoms with Gasteiger partial charge in [0.1, 0.15) is 19.3 Å². The normalized spacial score (nSPS) is 27.8. The fourth-order valence-electron chi connectivity index (χ4n) is 3.48. The Balaban J connectivity index is 1.71. The van der Waals surface area contributed by atoms with Crippen molar-refractivity contribution in [3.63, 3.8) is 0 Å². The van der Waals surface area contributed by atoms with Crippen LogP contribution in [0, 0.1) is 0 Å². The third kappa shape index (κ3) is 3.38. The Morgan fingerprint density at radius 3 is 2.08 bits per heavy atom. The van der Waals surface area contributed by atoms with E-state index in [0.29, 0.717) is 23.6 Å². The van der Waals surface area contributed by atoms with E-state index < -0.39 is 35.9 Å². The average molecular weight is 394 g/mol. The zero-order chi connectivity index (χ0) is 18.2. The summed E-state index contributed by atoms with van der Waals surface area (Å²) in [7, 11) is -7.06. The van der Waals surface area contributed by atoms with Gasteiger partial charge in [-0.1, -0.05) is 60.7 Å². The lowest BCUT2D eigenvalue weighted by molar-refractivity contribution is -0.0709. The summed E-state index contributed by atoms with van der Waals surface area (Å²) in [6, 6.07) is 18.4. The Labute approximate surface area is 152 Å². The molecule has 2 aromatic rings. The molecule has 2 aliphatic heterocycles. The van der Waals surface area contributed by atoms with E-state index in [0.717, 1.165) is 0 Å². The minimum absolute atomic E-state index is 0.154. The van der Waals surface area contributed by atoms with E-state index in [1.807, 2.05) is 60.7 Å². The Morgan fingerprint density at radius 1 is 0.923 bits per heavy atom. The lowest BCUT2D eigenvalue weighted by Crippen LogP contribution is -2.45. The van der Waals surface area contributed by atoms with Crippen LogP contribution in [-0.4, -0.2) is 39.5 Å². The van der Waals surface area contributed by atoms with Crippen LogP contribution in [0.4, 0.5) is 0 Å². The van der Waals surface area contributed by atoms with Crippen molar-refractivity contribution in [3.05, 3.63) is 60.7 Å². The summed E-state index contributed by atoms with van der Waals surface area (Å²) in [6.07, 6.45) is -1.40. The summed E-state index contributed by atoms with van der Waals surface area (Å²) in [6.45, 7) is 0.342. The van der Waals surface area contributed by atoms with Crippen LogP contribution >= 0.6 is 7.14 Å². The molecule has 2 aliphatic rings. The summed E-state index contributed by atoms with van der Waals surface area (Å²) in [5.41, 5.74) is 0.